The Balaban J connectivity index is 2.39. The summed E-state index contributed by atoms with van der Waals surface area (Å²) in [6, 6.07) is 3.71. The van der Waals surface area contributed by atoms with Crippen LogP contribution in [0.1, 0.15) is 10.6 Å². The molecule has 0 aromatic carbocycles. The lowest BCUT2D eigenvalue weighted by atomic mass is 10.4. The molecule has 2 rings (SSSR count). The summed E-state index contributed by atoms with van der Waals surface area (Å²) in [4.78, 5) is 15.1. The van der Waals surface area contributed by atoms with Gasteiger partial charge in [0.15, 0.2) is 5.82 Å². The lowest BCUT2D eigenvalue weighted by Gasteiger charge is -1.84. The van der Waals surface area contributed by atoms with Crippen molar-refractivity contribution < 1.29 is 9.90 Å². The van der Waals surface area contributed by atoms with E-state index in [0.29, 0.717) is 5.82 Å². The zero-order valence-electron chi connectivity index (χ0n) is 6.39. The van der Waals surface area contributed by atoms with E-state index in [1.54, 1.807) is 0 Å². The summed E-state index contributed by atoms with van der Waals surface area (Å²) >= 11 is 1.47. The number of rotatable bonds is 2. The Labute approximate surface area is 77.1 Å². The fraction of sp³-hybridized carbons (Fsp3) is 0. The lowest BCUT2D eigenvalue weighted by Crippen LogP contribution is -1.98. The molecule has 0 unspecified atom stereocenters. The van der Waals surface area contributed by atoms with E-state index in [1.807, 2.05) is 17.5 Å². The van der Waals surface area contributed by atoms with Gasteiger partial charge in [-0.05, 0) is 11.4 Å². The minimum atomic E-state index is -1.13. The van der Waals surface area contributed by atoms with E-state index >= 15 is 0 Å². The average Bonchev–Trinajstić information content (AvgIpc) is 2.75. The van der Waals surface area contributed by atoms with Crippen molar-refractivity contribution in [3.05, 3.63) is 23.3 Å². The Hall–Kier alpha value is -1.69. The zero-order chi connectivity index (χ0) is 9.26. The third-order valence-corrected chi connectivity index (χ3v) is 2.31. The van der Waals surface area contributed by atoms with Crippen LogP contribution in [-0.2, 0) is 0 Å². The maximum Gasteiger partial charge on any atom is 0.375 e. The molecule has 0 spiro atoms. The predicted molar refractivity (Wildman–Crippen MR) is 46.7 cm³/mol. The van der Waals surface area contributed by atoms with Gasteiger partial charge in [0, 0.05) is 0 Å². The molecule has 2 aromatic rings. The number of carboxylic acid groups (broad SMARTS) is 1. The number of aromatic carboxylic acids is 1. The minimum absolute atomic E-state index is 0.205. The second-order valence-electron chi connectivity index (χ2n) is 2.29. The monoisotopic (exact) mass is 195 g/mol. The van der Waals surface area contributed by atoms with Crippen LogP contribution in [0.25, 0.3) is 10.7 Å². The van der Waals surface area contributed by atoms with Crippen molar-refractivity contribution in [2.75, 3.05) is 0 Å². The number of nitrogens with one attached hydrogen (secondary N) is 1. The van der Waals surface area contributed by atoms with Crippen molar-refractivity contribution in [3.8, 4) is 10.7 Å². The van der Waals surface area contributed by atoms with E-state index in [1.165, 1.54) is 11.3 Å². The van der Waals surface area contributed by atoms with Gasteiger partial charge in [-0.1, -0.05) is 6.07 Å². The number of aromatic amines is 1. The number of carboxylic acids is 1. The Kier molecular flexibility index (Phi) is 1.82. The first-order chi connectivity index (χ1) is 6.27. The maximum absolute atomic E-state index is 10.4. The highest BCUT2D eigenvalue weighted by Gasteiger charge is 2.11. The summed E-state index contributed by atoms with van der Waals surface area (Å²) < 4.78 is 0. The van der Waals surface area contributed by atoms with Gasteiger partial charge >= 0.3 is 5.97 Å². The van der Waals surface area contributed by atoms with Crippen molar-refractivity contribution in [2.45, 2.75) is 0 Å². The molecule has 5 nitrogen and oxygen atoms in total. The smallest absolute Gasteiger partial charge is 0.375 e. The van der Waals surface area contributed by atoms with Crippen LogP contribution >= 0.6 is 11.3 Å². The Bertz CT molecular complexity index is 421. The second-order valence-corrected chi connectivity index (χ2v) is 3.24. The third kappa shape index (κ3) is 1.43. The van der Waals surface area contributed by atoms with Gasteiger partial charge < -0.3 is 5.11 Å². The van der Waals surface area contributed by atoms with Crippen LogP contribution in [0.15, 0.2) is 17.5 Å². The van der Waals surface area contributed by atoms with E-state index in [0.717, 1.165) is 4.88 Å². The molecule has 0 atom stereocenters. The quantitative estimate of drug-likeness (QED) is 0.755. The Morgan fingerprint density at radius 3 is 3.00 bits per heavy atom. The largest absolute Gasteiger partial charge is 0.475 e. The molecule has 0 saturated heterocycles. The molecule has 6 heteroatoms. The van der Waals surface area contributed by atoms with Crippen LogP contribution in [0.3, 0.4) is 0 Å². The van der Waals surface area contributed by atoms with E-state index < -0.39 is 5.97 Å². The minimum Gasteiger partial charge on any atom is -0.475 e. The summed E-state index contributed by atoms with van der Waals surface area (Å²) in [6.07, 6.45) is 0. The number of H-pyrrole nitrogens is 1. The summed E-state index contributed by atoms with van der Waals surface area (Å²) in [5.41, 5.74) is 0. The van der Waals surface area contributed by atoms with E-state index in [9.17, 15) is 4.79 Å². The summed E-state index contributed by atoms with van der Waals surface area (Å²) in [7, 11) is 0. The zero-order valence-corrected chi connectivity index (χ0v) is 7.21. The van der Waals surface area contributed by atoms with Gasteiger partial charge in [-0.2, -0.15) is 0 Å². The number of carbonyl (C=O) groups is 1. The van der Waals surface area contributed by atoms with Gasteiger partial charge in [0.1, 0.15) is 0 Å². The van der Waals surface area contributed by atoms with E-state index in [2.05, 4.69) is 15.2 Å². The first kappa shape index (κ1) is 7.93. The van der Waals surface area contributed by atoms with Gasteiger partial charge in [-0.25, -0.2) is 9.78 Å². The molecule has 0 fully saturated rings. The van der Waals surface area contributed by atoms with Gasteiger partial charge in [0.2, 0.25) is 0 Å². The molecule has 0 aliphatic heterocycles. The number of hydrogen-bond acceptors (Lipinski definition) is 4. The van der Waals surface area contributed by atoms with Crippen LogP contribution in [0, 0.1) is 0 Å². The molecule has 0 amide bonds. The van der Waals surface area contributed by atoms with Crippen molar-refractivity contribution in [1.82, 2.24) is 15.2 Å². The first-order valence-corrected chi connectivity index (χ1v) is 4.35. The molecule has 66 valence electrons. The number of hydrogen-bond donors (Lipinski definition) is 2. The standard InChI is InChI=1S/C7H5N3O2S/c11-7(12)6-8-5(9-10-6)4-2-1-3-13-4/h1-3H,(H,11,12)(H,8,9,10). The second kappa shape index (κ2) is 2.98. The van der Waals surface area contributed by atoms with Crippen molar-refractivity contribution in [3.63, 3.8) is 0 Å². The molecule has 13 heavy (non-hydrogen) atoms. The predicted octanol–water partition coefficient (Wildman–Crippen LogP) is 1.23. The molecule has 0 aliphatic carbocycles. The molecule has 0 saturated carbocycles. The molecule has 0 aliphatic rings. The maximum atomic E-state index is 10.4. The number of nitrogens with zero attached hydrogens (tertiary/aromatic N) is 2. The fourth-order valence-electron chi connectivity index (χ4n) is 0.881. The van der Waals surface area contributed by atoms with Crippen molar-refractivity contribution >= 4 is 17.3 Å². The van der Waals surface area contributed by atoms with Crippen LogP contribution in [-0.4, -0.2) is 26.3 Å². The van der Waals surface area contributed by atoms with Crippen molar-refractivity contribution in [2.24, 2.45) is 0 Å². The number of thiophene rings is 1. The van der Waals surface area contributed by atoms with Gasteiger partial charge in [-0.3, -0.25) is 5.10 Å². The SMILES string of the molecule is O=C(O)c1n[nH]c(-c2cccs2)n1. The molecule has 2 aromatic heterocycles. The van der Waals surface area contributed by atoms with Crippen LogP contribution in [0.2, 0.25) is 0 Å². The van der Waals surface area contributed by atoms with E-state index in [4.69, 9.17) is 5.11 Å². The van der Waals surface area contributed by atoms with Crippen molar-refractivity contribution in [1.29, 1.82) is 0 Å². The lowest BCUT2D eigenvalue weighted by molar-refractivity contribution is 0.0684. The molecule has 2 heterocycles. The van der Waals surface area contributed by atoms with Crippen LogP contribution < -0.4 is 0 Å². The number of aromatic nitrogens is 3. The average molecular weight is 195 g/mol. The molecule has 0 radical (unpaired) electrons. The van der Waals surface area contributed by atoms with Gasteiger partial charge in [0.25, 0.3) is 5.82 Å². The molecule has 0 bridgehead atoms. The van der Waals surface area contributed by atoms with Crippen LogP contribution in [0.5, 0.6) is 0 Å². The van der Waals surface area contributed by atoms with Gasteiger partial charge in [-0.15, -0.1) is 16.4 Å². The molecular formula is C7H5N3O2S. The summed E-state index contributed by atoms with van der Waals surface area (Å²) in [5, 5.41) is 16.5. The van der Waals surface area contributed by atoms with E-state index in [-0.39, 0.29) is 5.82 Å². The topological polar surface area (TPSA) is 78.9 Å². The normalized spacial score (nSPS) is 10.2. The third-order valence-electron chi connectivity index (χ3n) is 1.43. The first-order valence-electron chi connectivity index (χ1n) is 3.47. The molecule has 2 N–H and O–H groups in total. The van der Waals surface area contributed by atoms with Crippen LogP contribution in [0.4, 0.5) is 0 Å². The highest BCUT2D eigenvalue weighted by atomic mass is 32.1. The summed E-state index contributed by atoms with van der Waals surface area (Å²) in [5.74, 6) is -0.838. The van der Waals surface area contributed by atoms with Gasteiger partial charge in [0.05, 0.1) is 4.88 Å². The highest BCUT2D eigenvalue weighted by Crippen LogP contribution is 2.20. The fourth-order valence-corrected chi connectivity index (χ4v) is 1.54. The Morgan fingerprint density at radius 1 is 1.62 bits per heavy atom. The highest BCUT2D eigenvalue weighted by molar-refractivity contribution is 7.13. The molecular weight excluding hydrogens is 190 g/mol. The summed E-state index contributed by atoms with van der Waals surface area (Å²) in [6.45, 7) is 0. The Morgan fingerprint density at radius 2 is 2.46 bits per heavy atom.